The normalized spacial score (nSPS) is 12.8. The van der Waals surface area contributed by atoms with Gasteiger partial charge in [-0.2, -0.15) is 11.8 Å². The Morgan fingerprint density at radius 2 is 2.00 bits per heavy atom. The molecule has 0 radical (unpaired) electrons. The Kier molecular flexibility index (Phi) is 5.75. The molecule has 1 rings (SSSR count). The van der Waals surface area contributed by atoms with Gasteiger partial charge in [0.25, 0.3) is 0 Å². The van der Waals surface area contributed by atoms with Gasteiger partial charge in [-0.15, -0.1) is 0 Å². The summed E-state index contributed by atoms with van der Waals surface area (Å²) in [5, 5.41) is 3.37. The van der Waals surface area contributed by atoms with Crippen molar-refractivity contribution in [2.24, 2.45) is 0 Å². The predicted octanol–water partition coefficient (Wildman–Crippen LogP) is 3.46. The van der Waals surface area contributed by atoms with Crippen LogP contribution in [0.15, 0.2) is 6.07 Å². The lowest BCUT2D eigenvalue weighted by atomic mass is 10.1. The van der Waals surface area contributed by atoms with Gasteiger partial charge < -0.3 is 5.32 Å². The van der Waals surface area contributed by atoms with Crippen LogP contribution in [0.1, 0.15) is 45.0 Å². The van der Waals surface area contributed by atoms with Gasteiger partial charge in [-0.05, 0) is 31.6 Å². The van der Waals surface area contributed by atoms with Crippen LogP contribution >= 0.6 is 11.8 Å². The largest absolute Gasteiger partial charge is 0.351 e. The maximum Gasteiger partial charge on any atom is 0.223 e. The van der Waals surface area contributed by atoms with Crippen LogP contribution in [0.5, 0.6) is 0 Å². The molecule has 0 aliphatic carbocycles. The van der Waals surface area contributed by atoms with Crippen molar-refractivity contribution < 1.29 is 0 Å². The molecule has 1 heterocycles. The smallest absolute Gasteiger partial charge is 0.223 e. The minimum atomic E-state index is 0.404. The third-order valence-corrected chi connectivity index (χ3v) is 3.56. The molecular weight excluding hydrogens is 230 g/mol. The van der Waals surface area contributed by atoms with Crippen LogP contribution in [0.25, 0.3) is 0 Å². The van der Waals surface area contributed by atoms with E-state index < -0.39 is 0 Å². The van der Waals surface area contributed by atoms with Crippen molar-refractivity contribution >= 4 is 17.7 Å². The molecule has 0 amide bonds. The topological polar surface area (TPSA) is 37.8 Å². The summed E-state index contributed by atoms with van der Waals surface area (Å²) in [6, 6.07) is 2.46. The summed E-state index contributed by atoms with van der Waals surface area (Å²) >= 11 is 1.93. The molecule has 4 heteroatoms. The number of nitrogens with one attached hydrogen (secondary N) is 1. The molecule has 1 unspecified atom stereocenters. The second kappa shape index (κ2) is 6.84. The molecule has 1 aromatic heterocycles. The standard InChI is InChI=1S/C13H23N3S/c1-6-17-8-11(5)15-13-14-10(4)7-12(16-13)9(2)3/h7,9,11H,6,8H2,1-5H3,(H,14,15,16). The summed E-state index contributed by atoms with van der Waals surface area (Å²) < 4.78 is 0. The van der Waals surface area contributed by atoms with E-state index in [2.05, 4.69) is 49.0 Å². The Balaban J connectivity index is 2.70. The van der Waals surface area contributed by atoms with Gasteiger partial charge in [0.1, 0.15) is 0 Å². The first-order chi connectivity index (χ1) is 8.02. The molecule has 96 valence electrons. The fourth-order valence-electron chi connectivity index (χ4n) is 1.51. The molecule has 1 aromatic rings. The second-order valence-electron chi connectivity index (χ2n) is 4.62. The molecule has 17 heavy (non-hydrogen) atoms. The SMILES string of the molecule is CCSCC(C)Nc1nc(C)cc(C(C)C)n1. The Morgan fingerprint density at radius 1 is 1.29 bits per heavy atom. The Morgan fingerprint density at radius 3 is 2.59 bits per heavy atom. The van der Waals surface area contributed by atoms with Gasteiger partial charge in [0.15, 0.2) is 0 Å². The van der Waals surface area contributed by atoms with Gasteiger partial charge in [-0.1, -0.05) is 20.8 Å². The zero-order valence-corrected chi connectivity index (χ0v) is 12.3. The number of thioether (sulfide) groups is 1. The van der Waals surface area contributed by atoms with Crippen molar-refractivity contribution in [3.05, 3.63) is 17.5 Å². The van der Waals surface area contributed by atoms with Crippen LogP contribution in [0.2, 0.25) is 0 Å². The van der Waals surface area contributed by atoms with Gasteiger partial charge >= 0.3 is 0 Å². The summed E-state index contributed by atoms with van der Waals surface area (Å²) in [4.78, 5) is 8.98. The van der Waals surface area contributed by atoms with Gasteiger partial charge in [0.2, 0.25) is 5.95 Å². The lowest BCUT2D eigenvalue weighted by Gasteiger charge is -2.15. The van der Waals surface area contributed by atoms with E-state index in [9.17, 15) is 0 Å². The van der Waals surface area contributed by atoms with Crippen LogP contribution in [-0.4, -0.2) is 27.5 Å². The fourth-order valence-corrected chi connectivity index (χ4v) is 2.18. The molecule has 0 aliphatic rings. The minimum Gasteiger partial charge on any atom is -0.351 e. The molecule has 0 bridgehead atoms. The number of hydrogen-bond acceptors (Lipinski definition) is 4. The van der Waals surface area contributed by atoms with Crippen molar-refractivity contribution in [2.45, 2.75) is 46.6 Å². The van der Waals surface area contributed by atoms with E-state index in [1.807, 2.05) is 18.7 Å². The number of rotatable bonds is 6. The van der Waals surface area contributed by atoms with Crippen molar-refractivity contribution in [1.82, 2.24) is 9.97 Å². The molecule has 1 N–H and O–H groups in total. The molecule has 3 nitrogen and oxygen atoms in total. The molecule has 0 aliphatic heterocycles. The van der Waals surface area contributed by atoms with Crippen LogP contribution in [0, 0.1) is 6.92 Å². The van der Waals surface area contributed by atoms with Gasteiger partial charge in [0.05, 0.1) is 0 Å². The summed E-state index contributed by atoms with van der Waals surface area (Å²) in [5.74, 6) is 3.44. The average molecular weight is 253 g/mol. The lowest BCUT2D eigenvalue weighted by molar-refractivity contribution is 0.798. The Bertz CT molecular complexity index is 353. The maximum absolute atomic E-state index is 4.55. The van der Waals surface area contributed by atoms with E-state index in [1.54, 1.807) is 0 Å². The van der Waals surface area contributed by atoms with E-state index in [0.717, 1.165) is 28.8 Å². The summed E-state index contributed by atoms with van der Waals surface area (Å²) in [6.07, 6.45) is 0. The molecular formula is C13H23N3S. The van der Waals surface area contributed by atoms with Crippen molar-refractivity contribution in [1.29, 1.82) is 0 Å². The third kappa shape index (κ3) is 4.94. The molecule has 0 saturated heterocycles. The Hall–Kier alpha value is -0.770. The second-order valence-corrected chi connectivity index (χ2v) is 5.94. The number of nitrogens with zero attached hydrogens (tertiary/aromatic N) is 2. The fraction of sp³-hybridized carbons (Fsp3) is 0.692. The number of aromatic nitrogens is 2. The lowest BCUT2D eigenvalue weighted by Crippen LogP contribution is -2.20. The molecule has 0 spiro atoms. The van der Waals surface area contributed by atoms with E-state index in [0.29, 0.717) is 12.0 Å². The zero-order chi connectivity index (χ0) is 12.8. The van der Waals surface area contributed by atoms with Gasteiger partial charge in [-0.3, -0.25) is 0 Å². The first-order valence-corrected chi connectivity index (χ1v) is 7.38. The average Bonchev–Trinajstić information content (AvgIpc) is 2.25. The van der Waals surface area contributed by atoms with Crippen molar-refractivity contribution in [3.8, 4) is 0 Å². The number of aryl methyl sites for hydroxylation is 1. The van der Waals surface area contributed by atoms with Crippen LogP contribution in [-0.2, 0) is 0 Å². The molecule has 0 saturated carbocycles. The van der Waals surface area contributed by atoms with Gasteiger partial charge in [0, 0.05) is 23.2 Å². The van der Waals surface area contributed by atoms with E-state index >= 15 is 0 Å². The highest BCUT2D eigenvalue weighted by Gasteiger charge is 2.08. The first kappa shape index (κ1) is 14.3. The summed E-state index contributed by atoms with van der Waals surface area (Å²) in [5.41, 5.74) is 2.14. The zero-order valence-electron chi connectivity index (χ0n) is 11.4. The summed E-state index contributed by atoms with van der Waals surface area (Å²) in [7, 11) is 0. The number of anilines is 1. The first-order valence-electron chi connectivity index (χ1n) is 6.22. The van der Waals surface area contributed by atoms with Crippen molar-refractivity contribution in [3.63, 3.8) is 0 Å². The maximum atomic E-state index is 4.55. The molecule has 0 aromatic carbocycles. The summed E-state index contributed by atoms with van der Waals surface area (Å²) in [6.45, 7) is 10.7. The van der Waals surface area contributed by atoms with E-state index in [1.165, 1.54) is 0 Å². The van der Waals surface area contributed by atoms with E-state index in [4.69, 9.17) is 0 Å². The van der Waals surface area contributed by atoms with Crippen LogP contribution in [0.3, 0.4) is 0 Å². The third-order valence-electron chi connectivity index (χ3n) is 2.41. The van der Waals surface area contributed by atoms with Crippen LogP contribution in [0.4, 0.5) is 5.95 Å². The molecule has 1 atom stereocenters. The minimum absolute atomic E-state index is 0.404. The van der Waals surface area contributed by atoms with Crippen LogP contribution < -0.4 is 5.32 Å². The Labute approximate surface area is 109 Å². The van der Waals surface area contributed by atoms with Crippen molar-refractivity contribution in [2.75, 3.05) is 16.8 Å². The number of hydrogen-bond donors (Lipinski definition) is 1. The van der Waals surface area contributed by atoms with E-state index in [-0.39, 0.29) is 0 Å². The monoisotopic (exact) mass is 253 g/mol. The quantitative estimate of drug-likeness (QED) is 0.842. The highest BCUT2D eigenvalue weighted by Crippen LogP contribution is 2.15. The molecule has 0 fully saturated rings. The van der Waals surface area contributed by atoms with Gasteiger partial charge in [-0.25, -0.2) is 9.97 Å². The highest BCUT2D eigenvalue weighted by atomic mass is 32.2. The predicted molar refractivity (Wildman–Crippen MR) is 76.9 cm³/mol. The highest BCUT2D eigenvalue weighted by molar-refractivity contribution is 7.99.